The van der Waals surface area contributed by atoms with Gasteiger partial charge in [0.25, 0.3) is 0 Å². The standard InChI is InChI=1S/C75H146O17P2/c1-7-10-12-14-16-18-19-20-21-22-25-28-31-35-39-46-52-58-73(78)86-63-70(91-74(79)59-53-47-40-36-32-29-26-23-24-27-30-34-37-43-49-55-67(4)5)65-89-93(81,82)87-61-69(76)62-88-94(83,84)90-66-71(64-85-72(77)57-51-45-38-33-17-15-13-11-8-2)92-75(80)60-54-48-42-41-44-50-56-68(6)9-3/h67-71,76H,7-66H2,1-6H3,(H,81,82)(H,83,84)/t68?,69-,70-,71-/m1/s1. The highest BCUT2D eigenvalue weighted by Crippen LogP contribution is 2.45. The third-order valence-electron chi connectivity index (χ3n) is 17.8. The lowest BCUT2D eigenvalue weighted by molar-refractivity contribution is -0.161. The number of hydrogen-bond acceptors (Lipinski definition) is 15. The van der Waals surface area contributed by atoms with Gasteiger partial charge >= 0.3 is 39.5 Å². The van der Waals surface area contributed by atoms with Crippen molar-refractivity contribution in [2.45, 2.75) is 407 Å². The molecule has 0 aromatic heterocycles. The molecule has 0 saturated carbocycles. The molecule has 0 spiro atoms. The molecule has 19 heteroatoms. The Morgan fingerprint density at radius 1 is 0.309 bits per heavy atom. The number of hydrogen-bond donors (Lipinski definition) is 3. The van der Waals surface area contributed by atoms with Gasteiger partial charge in [0.1, 0.15) is 19.3 Å². The summed E-state index contributed by atoms with van der Waals surface area (Å²) in [4.78, 5) is 72.7. The number of unbranched alkanes of at least 4 members (excludes halogenated alkanes) is 43. The van der Waals surface area contributed by atoms with Gasteiger partial charge in [0.05, 0.1) is 26.4 Å². The fourth-order valence-electron chi connectivity index (χ4n) is 11.4. The summed E-state index contributed by atoms with van der Waals surface area (Å²) in [6, 6.07) is 0. The third-order valence-corrected chi connectivity index (χ3v) is 19.7. The average Bonchev–Trinajstić information content (AvgIpc) is 1.45. The number of aliphatic hydroxyl groups is 1. The Kier molecular flexibility index (Phi) is 65.5. The number of carbonyl (C=O) groups is 4. The minimum atomic E-state index is -4.96. The second-order valence-corrected chi connectivity index (χ2v) is 30.7. The lowest BCUT2D eigenvalue weighted by Gasteiger charge is -2.21. The van der Waals surface area contributed by atoms with Crippen LogP contribution in [0.4, 0.5) is 0 Å². The molecule has 0 aliphatic carbocycles. The lowest BCUT2D eigenvalue weighted by atomic mass is 10.00. The van der Waals surface area contributed by atoms with Crippen molar-refractivity contribution in [3.05, 3.63) is 0 Å². The van der Waals surface area contributed by atoms with E-state index in [2.05, 4.69) is 41.5 Å². The van der Waals surface area contributed by atoms with E-state index in [4.69, 9.17) is 37.0 Å². The topological polar surface area (TPSA) is 237 Å². The van der Waals surface area contributed by atoms with Gasteiger partial charge in [-0.1, -0.05) is 337 Å². The highest BCUT2D eigenvalue weighted by atomic mass is 31.2. The van der Waals surface area contributed by atoms with E-state index in [0.717, 1.165) is 102 Å². The monoisotopic (exact) mass is 1380 g/mol. The number of phosphoric ester groups is 2. The van der Waals surface area contributed by atoms with Crippen molar-refractivity contribution in [2.24, 2.45) is 11.8 Å². The fourth-order valence-corrected chi connectivity index (χ4v) is 13.0. The Hall–Kier alpha value is -1.94. The first kappa shape index (κ1) is 92.1. The van der Waals surface area contributed by atoms with Crippen molar-refractivity contribution >= 4 is 39.5 Å². The molecule has 0 rings (SSSR count). The summed E-state index contributed by atoms with van der Waals surface area (Å²) < 4.78 is 68.4. The molecule has 0 fully saturated rings. The molecule has 17 nitrogen and oxygen atoms in total. The Morgan fingerprint density at radius 2 is 0.543 bits per heavy atom. The highest BCUT2D eigenvalue weighted by molar-refractivity contribution is 7.47. The molecule has 94 heavy (non-hydrogen) atoms. The van der Waals surface area contributed by atoms with Crippen molar-refractivity contribution in [1.82, 2.24) is 0 Å². The Labute approximate surface area is 575 Å². The minimum Gasteiger partial charge on any atom is -0.462 e. The number of ether oxygens (including phenoxy) is 4. The molecule has 0 radical (unpaired) electrons. The molecule has 3 unspecified atom stereocenters. The van der Waals surface area contributed by atoms with Crippen LogP contribution < -0.4 is 0 Å². The van der Waals surface area contributed by atoms with Crippen molar-refractivity contribution in [2.75, 3.05) is 39.6 Å². The molecule has 0 aliphatic heterocycles. The van der Waals surface area contributed by atoms with Crippen LogP contribution in [0.3, 0.4) is 0 Å². The molecular formula is C75H146O17P2. The van der Waals surface area contributed by atoms with Gasteiger partial charge in [0, 0.05) is 25.7 Å². The van der Waals surface area contributed by atoms with Crippen LogP contribution >= 0.6 is 15.6 Å². The quantitative estimate of drug-likeness (QED) is 0.0222. The van der Waals surface area contributed by atoms with Crippen molar-refractivity contribution in [1.29, 1.82) is 0 Å². The number of esters is 4. The molecule has 3 N–H and O–H groups in total. The predicted octanol–water partition coefficient (Wildman–Crippen LogP) is 21.9. The number of aliphatic hydroxyl groups excluding tert-OH is 1. The van der Waals surface area contributed by atoms with Crippen LogP contribution in [0.2, 0.25) is 0 Å². The molecular weight excluding hydrogens is 1230 g/mol. The highest BCUT2D eigenvalue weighted by Gasteiger charge is 2.30. The first-order chi connectivity index (χ1) is 45.4. The normalized spacial score (nSPS) is 14.3. The van der Waals surface area contributed by atoms with Crippen LogP contribution in [0.1, 0.15) is 388 Å². The zero-order chi connectivity index (χ0) is 69.3. The fraction of sp³-hybridized carbons (Fsp3) is 0.947. The van der Waals surface area contributed by atoms with Crippen molar-refractivity contribution in [3.8, 4) is 0 Å². The zero-order valence-corrected chi connectivity index (χ0v) is 63.1. The maximum atomic E-state index is 13.1. The summed E-state index contributed by atoms with van der Waals surface area (Å²) in [6.07, 6.45) is 54.2. The van der Waals surface area contributed by atoms with Crippen LogP contribution in [-0.4, -0.2) is 96.7 Å². The Morgan fingerprint density at radius 3 is 0.809 bits per heavy atom. The smallest absolute Gasteiger partial charge is 0.462 e. The molecule has 6 atom stereocenters. The van der Waals surface area contributed by atoms with Gasteiger partial charge in [0.15, 0.2) is 12.2 Å². The second kappa shape index (κ2) is 66.9. The van der Waals surface area contributed by atoms with E-state index >= 15 is 0 Å². The minimum absolute atomic E-state index is 0.103. The van der Waals surface area contributed by atoms with E-state index in [1.165, 1.54) is 205 Å². The SMILES string of the molecule is CCCCCCCCCCCCCCCCCCCC(=O)OC[C@H](COP(=O)(O)OC[C@@H](O)COP(=O)(O)OC[C@@H](COC(=O)CCCCCCCCCCC)OC(=O)CCCCCCCCC(C)CC)OC(=O)CCCCCCCCCCCCCCCCCC(C)C. The summed E-state index contributed by atoms with van der Waals surface area (Å²) in [5, 5.41) is 10.6. The summed E-state index contributed by atoms with van der Waals surface area (Å²) in [6.45, 7) is 9.55. The molecule has 0 saturated heterocycles. The van der Waals surface area contributed by atoms with Crippen LogP contribution in [0.25, 0.3) is 0 Å². The van der Waals surface area contributed by atoms with E-state index in [1.54, 1.807) is 0 Å². The molecule has 0 amide bonds. The van der Waals surface area contributed by atoms with Crippen LogP contribution in [-0.2, 0) is 65.4 Å². The van der Waals surface area contributed by atoms with Crippen LogP contribution in [0.15, 0.2) is 0 Å². The molecule has 558 valence electrons. The van der Waals surface area contributed by atoms with Gasteiger partial charge < -0.3 is 33.8 Å². The number of phosphoric acid groups is 2. The van der Waals surface area contributed by atoms with Gasteiger partial charge in [-0.15, -0.1) is 0 Å². The van der Waals surface area contributed by atoms with Gasteiger partial charge in [-0.3, -0.25) is 37.3 Å². The maximum absolute atomic E-state index is 13.1. The lowest BCUT2D eigenvalue weighted by Crippen LogP contribution is -2.30. The van der Waals surface area contributed by atoms with Crippen molar-refractivity contribution < 1.29 is 80.2 Å². The number of rotatable bonds is 74. The summed E-state index contributed by atoms with van der Waals surface area (Å²) >= 11 is 0. The molecule has 0 aliphatic rings. The molecule has 0 heterocycles. The number of carbonyl (C=O) groups excluding carboxylic acids is 4. The van der Waals surface area contributed by atoms with Crippen LogP contribution in [0, 0.1) is 11.8 Å². The molecule has 0 aromatic carbocycles. The van der Waals surface area contributed by atoms with E-state index in [-0.39, 0.29) is 25.7 Å². The summed E-state index contributed by atoms with van der Waals surface area (Å²) in [5.41, 5.74) is 0. The maximum Gasteiger partial charge on any atom is 0.472 e. The largest absolute Gasteiger partial charge is 0.472 e. The molecule has 0 bridgehead atoms. The van der Waals surface area contributed by atoms with E-state index in [9.17, 15) is 43.2 Å². The predicted molar refractivity (Wildman–Crippen MR) is 381 cm³/mol. The Bertz CT molecular complexity index is 1820. The third kappa shape index (κ3) is 67.3. The second-order valence-electron chi connectivity index (χ2n) is 27.8. The van der Waals surface area contributed by atoms with Gasteiger partial charge in [0.2, 0.25) is 0 Å². The van der Waals surface area contributed by atoms with E-state index < -0.39 is 97.5 Å². The van der Waals surface area contributed by atoms with E-state index in [1.807, 2.05) is 0 Å². The van der Waals surface area contributed by atoms with Gasteiger partial charge in [-0.25, -0.2) is 9.13 Å². The van der Waals surface area contributed by atoms with Gasteiger partial charge in [-0.05, 0) is 37.5 Å². The van der Waals surface area contributed by atoms with E-state index in [0.29, 0.717) is 25.7 Å². The van der Waals surface area contributed by atoms with Crippen molar-refractivity contribution in [3.63, 3.8) is 0 Å². The van der Waals surface area contributed by atoms with Gasteiger partial charge in [-0.2, -0.15) is 0 Å². The molecule has 0 aromatic rings. The average molecular weight is 1380 g/mol. The first-order valence-electron chi connectivity index (χ1n) is 39.0. The summed E-state index contributed by atoms with van der Waals surface area (Å²) in [5.74, 6) is -0.598. The Balaban J connectivity index is 5.21. The zero-order valence-electron chi connectivity index (χ0n) is 61.3. The first-order valence-corrected chi connectivity index (χ1v) is 42.0. The summed E-state index contributed by atoms with van der Waals surface area (Å²) in [7, 11) is -9.91. The van der Waals surface area contributed by atoms with Crippen LogP contribution in [0.5, 0.6) is 0 Å².